The summed E-state index contributed by atoms with van der Waals surface area (Å²) >= 11 is 0. The topological polar surface area (TPSA) is 49.0 Å². The molecule has 27 heavy (non-hydrogen) atoms. The first-order valence-corrected chi connectivity index (χ1v) is 10.1. The minimum Gasteiger partial charge on any atom is -0.345 e. The van der Waals surface area contributed by atoms with Crippen LogP contribution in [0.4, 0.5) is 0 Å². The van der Waals surface area contributed by atoms with Crippen LogP contribution in [-0.2, 0) is 0 Å². The number of para-hydroxylation sites is 1. The standard InChI is InChI=1S/C23H25N3O/c27-23(19-10-6-11-20-22(19)25-15-24-20)26-14-13-17(16-7-2-1-3-8-16)18-9-4-5-12-21(18)26/h1-3,6-8,10-11,15,17-18,21H,4-5,9,12-14H2,(H,24,25)/t17-,18-,21-/m1/s1. The molecule has 1 saturated carbocycles. The number of aromatic nitrogens is 2. The van der Waals surface area contributed by atoms with E-state index in [2.05, 4.69) is 45.2 Å². The molecule has 0 spiro atoms. The summed E-state index contributed by atoms with van der Waals surface area (Å²) in [4.78, 5) is 23.2. The fraction of sp³-hybridized carbons (Fsp3) is 0.391. The van der Waals surface area contributed by atoms with E-state index in [1.165, 1.54) is 24.8 Å². The summed E-state index contributed by atoms with van der Waals surface area (Å²) in [6.07, 6.45) is 7.57. The van der Waals surface area contributed by atoms with Crippen molar-refractivity contribution >= 4 is 16.9 Å². The first-order chi connectivity index (χ1) is 13.3. The van der Waals surface area contributed by atoms with Crippen molar-refractivity contribution in [3.63, 3.8) is 0 Å². The van der Waals surface area contributed by atoms with Gasteiger partial charge in [-0.25, -0.2) is 4.98 Å². The van der Waals surface area contributed by atoms with E-state index in [9.17, 15) is 4.79 Å². The highest BCUT2D eigenvalue weighted by atomic mass is 16.2. The van der Waals surface area contributed by atoms with Gasteiger partial charge in [-0.3, -0.25) is 4.79 Å². The molecule has 3 atom stereocenters. The van der Waals surface area contributed by atoms with Gasteiger partial charge >= 0.3 is 0 Å². The number of benzene rings is 2. The first kappa shape index (κ1) is 16.5. The average molecular weight is 359 g/mol. The van der Waals surface area contributed by atoms with Crippen molar-refractivity contribution in [3.8, 4) is 0 Å². The van der Waals surface area contributed by atoms with E-state index in [0.29, 0.717) is 17.9 Å². The van der Waals surface area contributed by atoms with E-state index >= 15 is 0 Å². The summed E-state index contributed by atoms with van der Waals surface area (Å²) in [6.45, 7) is 0.834. The Labute approximate surface area is 159 Å². The second-order valence-corrected chi connectivity index (χ2v) is 7.92. The van der Waals surface area contributed by atoms with Gasteiger partial charge in [0.05, 0.1) is 17.4 Å². The Balaban J connectivity index is 1.47. The number of hydrogen-bond donors (Lipinski definition) is 1. The molecule has 1 N–H and O–H groups in total. The van der Waals surface area contributed by atoms with E-state index in [-0.39, 0.29) is 5.91 Å². The van der Waals surface area contributed by atoms with Crippen molar-refractivity contribution in [1.82, 2.24) is 14.9 Å². The number of piperidine rings is 1. The molecule has 2 aromatic carbocycles. The number of rotatable bonds is 2. The van der Waals surface area contributed by atoms with E-state index in [1.807, 2.05) is 18.2 Å². The number of nitrogens with zero attached hydrogens (tertiary/aromatic N) is 2. The Hall–Kier alpha value is -2.62. The van der Waals surface area contributed by atoms with Gasteiger partial charge in [0, 0.05) is 12.6 Å². The smallest absolute Gasteiger partial charge is 0.256 e. The van der Waals surface area contributed by atoms with Gasteiger partial charge in [0.2, 0.25) is 0 Å². The number of carbonyl (C=O) groups is 1. The molecule has 1 aliphatic heterocycles. The Kier molecular flexibility index (Phi) is 4.19. The molecule has 4 heteroatoms. The number of aromatic amines is 1. The Morgan fingerprint density at radius 3 is 2.74 bits per heavy atom. The second-order valence-electron chi connectivity index (χ2n) is 7.92. The summed E-state index contributed by atoms with van der Waals surface area (Å²) in [5.41, 5.74) is 3.90. The van der Waals surface area contributed by atoms with Gasteiger partial charge in [-0.2, -0.15) is 0 Å². The third-order valence-electron chi connectivity index (χ3n) is 6.55. The molecule has 2 heterocycles. The van der Waals surface area contributed by atoms with Crippen molar-refractivity contribution in [3.05, 3.63) is 66.0 Å². The summed E-state index contributed by atoms with van der Waals surface area (Å²) in [5.74, 6) is 1.29. The summed E-state index contributed by atoms with van der Waals surface area (Å²) < 4.78 is 0. The molecule has 1 aliphatic carbocycles. The number of hydrogen-bond acceptors (Lipinski definition) is 2. The molecule has 0 bridgehead atoms. The van der Waals surface area contributed by atoms with Crippen LogP contribution in [0.2, 0.25) is 0 Å². The molecule has 1 saturated heterocycles. The zero-order valence-corrected chi connectivity index (χ0v) is 15.5. The zero-order chi connectivity index (χ0) is 18.2. The minimum absolute atomic E-state index is 0.149. The fourth-order valence-electron chi connectivity index (χ4n) is 5.31. The van der Waals surface area contributed by atoms with Crippen LogP contribution < -0.4 is 0 Å². The van der Waals surface area contributed by atoms with E-state index < -0.39 is 0 Å². The van der Waals surface area contributed by atoms with Crippen molar-refractivity contribution in [2.45, 2.75) is 44.1 Å². The molecule has 2 aliphatic rings. The number of amides is 1. The quantitative estimate of drug-likeness (QED) is 0.718. The predicted molar refractivity (Wildman–Crippen MR) is 107 cm³/mol. The average Bonchev–Trinajstić information content (AvgIpc) is 3.22. The van der Waals surface area contributed by atoms with Crippen LogP contribution in [0.25, 0.3) is 11.0 Å². The lowest BCUT2D eigenvalue weighted by Gasteiger charge is -2.48. The number of nitrogens with one attached hydrogen (secondary N) is 1. The molecule has 4 nitrogen and oxygen atoms in total. The number of H-pyrrole nitrogens is 1. The molecule has 1 amide bonds. The van der Waals surface area contributed by atoms with Crippen LogP contribution in [0.5, 0.6) is 0 Å². The van der Waals surface area contributed by atoms with Crippen molar-refractivity contribution in [1.29, 1.82) is 0 Å². The fourth-order valence-corrected chi connectivity index (χ4v) is 5.31. The number of fused-ring (bicyclic) bond motifs is 2. The van der Waals surface area contributed by atoms with Crippen molar-refractivity contribution in [2.24, 2.45) is 5.92 Å². The molecule has 1 aromatic heterocycles. The number of carbonyl (C=O) groups excluding carboxylic acids is 1. The van der Waals surface area contributed by atoms with E-state index in [1.54, 1.807) is 6.33 Å². The lowest BCUT2D eigenvalue weighted by Crippen LogP contribution is -2.52. The first-order valence-electron chi connectivity index (χ1n) is 10.1. The van der Waals surface area contributed by atoms with Crippen LogP contribution in [-0.4, -0.2) is 33.4 Å². The minimum atomic E-state index is 0.149. The molecular formula is C23H25N3O. The molecule has 0 radical (unpaired) electrons. The third-order valence-corrected chi connectivity index (χ3v) is 6.55. The Bertz CT molecular complexity index is 948. The van der Waals surface area contributed by atoms with Crippen LogP contribution in [0, 0.1) is 5.92 Å². The largest absolute Gasteiger partial charge is 0.345 e. The molecule has 138 valence electrons. The maximum atomic E-state index is 13.5. The van der Waals surface area contributed by atoms with Gasteiger partial charge in [0.25, 0.3) is 5.91 Å². The Morgan fingerprint density at radius 1 is 1.00 bits per heavy atom. The number of imidazole rings is 1. The second kappa shape index (κ2) is 6.84. The third kappa shape index (κ3) is 2.84. The van der Waals surface area contributed by atoms with Gasteiger partial charge in [-0.15, -0.1) is 0 Å². The van der Waals surface area contributed by atoms with Gasteiger partial charge in [-0.1, -0.05) is 49.2 Å². The van der Waals surface area contributed by atoms with Crippen LogP contribution in [0.15, 0.2) is 54.9 Å². The van der Waals surface area contributed by atoms with Crippen molar-refractivity contribution < 1.29 is 4.79 Å². The highest BCUT2D eigenvalue weighted by molar-refractivity contribution is 6.04. The molecule has 5 rings (SSSR count). The number of likely N-dealkylation sites (tertiary alicyclic amines) is 1. The highest BCUT2D eigenvalue weighted by Crippen LogP contribution is 2.44. The summed E-state index contributed by atoms with van der Waals surface area (Å²) in [6, 6.07) is 17.1. The normalized spacial score (nSPS) is 25.3. The zero-order valence-electron chi connectivity index (χ0n) is 15.5. The molecule has 0 unspecified atom stereocenters. The Morgan fingerprint density at radius 2 is 1.85 bits per heavy atom. The molecule has 3 aromatic rings. The predicted octanol–water partition coefficient (Wildman–Crippen LogP) is 4.75. The van der Waals surface area contributed by atoms with Gasteiger partial charge in [0.15, 0.2) is 0 Å². The lowest BCUT2D eigenvalue weighted by atomic mass is 9.69. The monoisotopic (exact) mass is 359 g/mol. The van der Waals surface area contributed by atoms with Crippen LogP contribution in [0.3, 0.4) is 0 Å². The summed E-state index contributed by atoms with van der Waals surface area (Å²) in [7, 11) is 0. The highest BCUT2D eigenvalue weighted by Gasteiger charge is 2.42. The SMILES string of the molecule is O=C(c1cccc2[nH]cnc12)N1CC[C@H](c2ccccc2)[C@H]2CCCC[C@H]21. The lowest BCUT2D eigenvalue weighted by molar-refractivity contribution is 0.0321. The maximum Gasteiger partial charge on any atom is 0.256 e. The molecule has 2 fully saturated rings. The van der Waals surface area contributed by atoms with Gasteiger partial charge in [0.1, 0.15) is 5.52 Å². The van der Waals surface area contributed by atoms with Gasteiger partial charge < -0.3 is 9.88 Å². The van der Waals surface area contributed by atoms with E-state index in [0.717, 1.165) is 36.0 Å². The van der Waals surface area contributed by atoms with Crippen LogP contribution >= 0.6 is 0 Å². The summed E-state index contributed by atoms with van der Waals surface area (Å²) in [5, 5.41) is 0. The van der Waals surface area contributed by atoms with Gasteiger partial charge in [-0.05, 0) is 48.8 Å². The van der Waals surface area contributed by atoms with Crippen LogP contribution in [0.1, 0.15) is 53.9 Å². The molecular weight excluding hydrogens is 334 g/mol. The van der Waals surface area contributed by atoms with E-state index in [4.69, 9.17) is 0 Å². The van der Waals surface area contributed by atoms with Crippen molar-refractivity contribution in [2.75, 3.05) is 6.54 Å². The maximum absolute atomic E-state index is 13.5.